The smallest absolute Gasteiger partial charge is 0.221 e. The van der Waals surface area contributed by atoms with Crippen molar-refractivity contribution in [2.75, 3.05) is 40.3 Å². The maximum Gasteiger partial charge on any atom is 0.221 e. The molecule has 0 bridgehead atoms. The second-order valence-corrected chi connectivity index (χ2v) is 5.74. The summed E-state index contributed by atoms with van der Waals surface area (Å²) >= 11 is 0. The van der Waals surface area contributed by atoms with E-state index in [9.17, 15) is 4.79 Å². The van der Waals surface area contributed by atoms with E-state index in [4.69, 9.17) is 5.73 Å². The molecule has 1 aliphatic rings. The highest BCUT2D eigenvalue weighted by molar-refractivity contribution is 5.76. The minimum atomic E-state index is 0.132. The normalized spacial score (nSPS) is 21.8. The van der Waals surface area contributed by atoms with Gasteiger partial charge in [0.25, 0.3) is 0 Å². The van der Waals surface area contributed by atoms with E-state index in [0.717, 1.165) is 26.1 Å². The summed E-state index contributed by atoms with van der Waals surface area (Å²) in [4.78, 5) is 16.5. The van der Waals surface area contributed by atoms with Gasteiger partial charge in [0.05, 0.1) is 0 Å². The van der Waals surface area contributed by atoms with Gasteiger partial charge in [-0.2, -0.15) is 0 Å². The third-order valence-electron chi connectivity index (χ3n) is 3.73. The number of likely N-dealkylation sites (tertiary alicyclic amines) is 1. The summed E-state index contributed by atoms with van der Waals surface area (Å²) in [5.74, 6) is 0.132. The molecule has 0 aromatic carbocycles. The molecule has 0 spiro atoms. The molecular weight excluding hydrogens is 240 g/mol. The van der Waals surface area contributed by atoms with Gasteiger partial charge in [-0.05, 0) is 39.9 Å². The molecule has 1 fully saturated rings. The first-order valence-electron chi connectivity index (χ1n) is 7.45. The SMILES string of the molecule is CCCNC(=O)CC(CN)N1CCCC1CN(C)C. The van der Waals surface area contributed by atoms with Crippen LogP contribution in [0.1, 0.15) is 32.6 Å². The molecule has 112 valence electrons. The first-order valence-corrected chi connectivity index (χ1v) is 7.45. The van der Waals surface area contributed by atoms with Crippen molar-refractivity contribution in [3.05, 3.63) is 0 Å². The molecule has 5 nitrogen and oxygen atoms in total. The summed E-state index contributed by atoms with van der Waals surface area (Å²) in [6.07, 6.45) is 3.93. The van der Waals surface area contributed by atoms with E-state index in [1.807, 2.05) is 0 Å². The Morgan fingerprint density at radius 1 is 1.53 bits per heavy atom. The van der Waals surface area contributed by atoms with Gasteiger partial charge in [-0.15, -0.1) is 0 Å². The largest absolute Gasteiger partial charge is 0.356 e. The van der Waals surface area contributed by atoms with Crippen LogP contribution in [-0.4, -0.2) is 68.1 Å². The Morgan fingerprint density at radius 3 is 2.84 bits per heavy atom. The van der Waals surface area contributed by atoms with Crippen molar-refractivity contribution in [3.8, 4) is 0 Å². The van der Waals surface area contributed by atoms with Crippen LogP contribution in [0.3, 0.4) is 0 Å². The van der Waals surface area contributed by atoms with Crippen LogP contribution in [0.5, 0.6) is 0 Å². The van der Waals surface area contributed by atoms with Gasteiger partial charge in [0, 0.05) is 38.1 Å². The van der Waals surface area contributed by atoms with Crippen LogP contribution in [0.2, 0.25) is 0 Å². The summed E-state index contributed by atoms with van der Waals surface area (Å²) in [7, 11) is 4.20. The standard InChI is InChI=1S/C14H30N4O/c1-4-7-16-14(19)9-13(10-15)18-8-5-6-12(18)11-17(2)3/h12-13H,4-11,15H2,1-3H3,(H,16,19). The number of amides is 1. The van der Waals surface area contributed by atoms with Crippen LogP contribution in [0.4, 0.5) is 0 Å². The number of nitrogens with two attached hydrogens (primary N) is 1. The number of carbonyl (C=O) groups excluding carboxylic acids is 1. The molecule has 5 heteroatoms. The Kier molecular flexibility index (Phi) is 7.34. The van der Waals surface area contributed by atoms with Gasteiger partial charge in [0.15, 0.2) is 0 Å². The third-order valence-corrected chi connectivity index (χ3v) is 3.73. The molecule has 0 radical (unpaired) electrons. The average Bonchev–Trinajstić information content (AvgIpc) is 2.80. The van der Waals surface area contributed by atoms with E-state index in [1.54, 1.807) is 0 Å². The fraction of sp³-hybridized carbons (Fsp3) is 0.929. The lowest BCUT2D eigenvalue weighted by atomic mass is 10.1. The van der Waals surface area contributed by atoms with Crippen LogP contribution in [-0.2, 0) is 4.79 Å². The van der Waals surface area contributed by atoms with Crippen molar-refractivity contribution < 1.29 is 4.79 Å². The average molecular weight is 270 g/mol. The van der Waals surface area contributed by atoms with Crippen molar-refractivity contribution in [2.45, 2.75) is 44.7 Å². The number of likely N-dealkylation sites (N-methyl/N-ethyl adjacent to an activating group) is 1. The van der Waals surface area contributed by atoms with E-state index in [-0.39, 0.29) is 11.9 Å². The number of nitrogens with zero attached hydrogens (tertiary/aromatic N) is 2. The number of hydrogen-bond donors (Lipinski definition) is 2. The van der Waals surface area contributed by atoms with Gasteiger partial charge < -0.3 is 16.0 Å². The minimum absolute atomic E-state index is 0.132. The molecule has 1 amide bonds. The molecule has 19 heavy (non-hydrogen) atoms. The van der Waals surface area contributed by atoms with Gasteiger partial charge in [-0.3, -0.25) is 9.69 Å². The molecular formula is C14H30N4O. The second kappa shape index (κ2) is 8.51. The Hall–Kier alpha value is -0.650. The maximum atomic E-state index is 11.9. The van der Waals surface area contributed by atoms with Crippen molar-refractivity contribution in [2.24, 2.45) is 5.73 Å². The van der Waals surface area contributed by atoms with Crippen molar-refractivity contribution in [3.63, 3.8) is 0 Å². The van der Waals surface area contributed by atoms with Gasteiger partial charge in [0.1, 0.15) is 0 Å². The molecule has 0 aliphatic carbocycles. The van der Waals surface area contributed by atoms with Crippen molar-refractivity contribution >= 4 is 5.91 Å². The summed E-state index contributed by atoms with van der Waals surface area (Å²) in [5, 5.41) is 2.94. The molecule has 0 aromatic rings. The lowest BCUT2D eigenvalue weighted by Gasteiger charge is -2.33. The Morgan fingerprint density at radius 2 is 2.26 bits per heavy atom. The predicted molar refractivity (Wildman–Crippen MR) is 79.0 cm³/mol. The first kappa shape index (κ1) is 16.4. The summed E-state index contributed by atoms with van der Waals surface area (Å²) in [5.41, 5.74) is 5.89. The summed E-state index contributed by atoms with van der Waals surface area (Å²) in [6, 6.07) is 0.729. The fourth-order valence-corrected chi connectivity index (χ4v) is 2.84. The number of hydrogen-bond acceptors (Lipinski definition) is 4. The summed E-state index contributed by atoms with van der Waals surface area (Å²) < 4.78 is 0. The van der Waals surface area contributed by atoms with E-state index in [1.165, 1.54) is 12.8 Å². The van der Waals surface area contributed by atoms with Gasteiger partial charge >= 0.3 is 0 Å². The predicted octanol–water partition coefficient (Wildman–Crippen LogP) is 0.256. The van der Waals surface area contributed by atoms with Gasteiger partial charge in [-0.1, -0.05) is 6.92 Å². The molecule has 1 rings (SSSR count). The maximum absolute atomic E-state index is 11.9. The van der Waals surface area contributed by atoms with Gasteiger partial charge in [0.2, 0.25) is 5.91 Å². The number of nitrogens with one attached hydrogen (secondary N) is 1. The van der Waals surface area contributed by atoms with E-state index in [0.29, 0.717) is 19.0 Å². The molecule has 2 unspecified atom stereocenters. The summed E-state index contributed by atoms with van der Waals surface area (Å²) in [6.45, 7) is 5.50. The zero-order valence-corrected chi connectivity index (χ0v) is 12.7. The zero-order valence-electron chi connectivity index (χ0n) is 12.7. The second-order valence-electron chi connectivity index (χ2n) is 5.74. The quantitative estimate of drug-likeness (QED) is 0.664. The fourth-order valence-electron chi connectivity index (χ4n) is 2.84. The zero-order chi connectivity index (χ0) is 14.3. The third kappa shape index (κ3) is 5.47. The van der Waals surface area contributed by atoms with E-state index in [2.05, 4.69) is 36.1 Å². The van der Waals surface area contributed by atoms with E-state index >= 15 is 0 Å². The molecule has 1 aliphatic heterocycles. The van der Waals surface area contributed by atoms with Crippen LogP contribution >= 0.6 is 0 Å². The molecule has 1 saturated heterocycles. The highest BCUT2D eigenvalue weighted by atomic mass is 16.1. The molecule has 3 N–H and O–H groups in total. The molecule has 1 heterocycles. The topological polar surface area (TPSA) is 61.6 Å². The highest BCUT2D eigenvalue weighted by Gasteiger charge is 2.31. The van der Waals surface area contributed by atoms with Crippen LogP contribution in [0.25, 0.3) is 0 Å². The number of carbonyl (C=O) groups is 1. The minimum Gasteiger partial charge on any atom is -0.356 e. The number of rotatable bonds is 8. The Balaban J connectivity index is 2.50. The molecule has 2 atom stereocenters. The van der Waals surface area contributed by atoms with Crippen molar-refractivity contribution in [1.29, 1.82) is 0 Å². The first-order chi connectivity index (χ1) is 9.08. The van der Waals surface area contributed by atoms with Crippen LogP contribution in [0.15, 0.2) is 0 Å². The Bertz CT molecular complexity index is 270. The highest BCUT2D eigenvalue weighted by Crippen LogP contribution is 2.21. The molecule has 0 saturated carbocycles. The van der Waals surface area contributed by atoms with E-state index < -0.39 is 0 Å². The van der Waals surface area contributed by atoms with Crippen molar-refractivity contribution in [1.82, 2.24) is 15.1 Å². The Labute approximate surface area is 117 Å². The molecule has 0 aromatic heterocycles. The lowest BCUT2D eigenvalue weighted by molar-refractivity contribution is -0.122. The van der Waals surface area contributed by atoms with Crippen LogP contribution in [0, 0.1) is 0 Å². The monoisotopic (exact) mass is 270 g/mol. The van der Waals surface area contributed by atoms with Crippen LogP contribution < -0.4 is 11.1 Å². The van der Waals surface area contributed by atoms with Gasteiger partial charge in [-0.25, -0.2) is 0 Å². The lowest BCUT2D eigenvalue weighted by Crippen LogP contribution is -2.49.